The molecule has 1 fully saturated rings. The molecule has 0 spiro atoms. The van der Waals surface area contributed by atoms with Crippen molar-refractivity contribution in [3.8, 4) is 17.8 Å². The number of ether oxygens (including phenoxy) is 3. The molecule has 0 aliphatic heterocycles. The third-order valence-corrected chi connectivity index (χ3v) is 2.48. The van der Waals surface area contributed by atoms with Gasteiger partial charge in [-0.1, -0.05) is 0 Å². The van der Waals surface area contributed by atoms with Crippen LogP contribution in [0.5, 0.6) is 17.8 Å². The molecule has 16 heavy (non-hydrogen) atoms. The van der Waals surface area contributed by atoms with Crippen molar-refractivity contribution in [1.29, 1.82) is 0 Å². The van der Waals surface area contributed by atoms with Gasteiger partial charge >= 0.3 is 6.01 Å². The lowest BCUT2D eigenvalue weighted by atomic mass is 9.90. The topological polar surface area (TPSA) is 79.5 Å². The zero-order valence-electron chi connectivity index (χ0n) is 9.34. The Morgan fingerprint density at radius 3 is 2.19 bits per heavy atom. The Kier molecular flexibility index (Phi) is 3.09. The average molecular weight is 225 g/mol. The molecule has 0 saturated heterocycles. The lowest BCUT2D eigenvalue weighted by Crippen LogP contribution is -2.43. The molecule has 0 unspecified atom stereocenters. The molecule has 2 N–H and O–H groups in total. The maximum atomic E-state index is 5.66. The van der Waals surface area contributed by atoms with E-state index in [9.17, 15) is 0 Å². The Bertz CT molecular complexity index is 344. The van der Waals surface area contributed by atoms with Crippen LogP contribution >= 0.6 is 0 Å². The molecule has 0 amide bonds. The van der Waals surface area contributed by atoms with Gasteiger partial charge in [-0.25, -0.2) is 0 Å². The SMILES string of the molecule is COc1cc(OC)nc(OC2CC(N)C2)n1. The second-order valence-corrected chi connectivity index (χ2v) is 3.71. The van der Waals surface area contributed by atoms with Crippen molar-refractivity contribution in [2.24, 2.45) is 5.73 Å². The van der Waals surface area contributed by atoms with Crippen LogP contribution in [0.4, 0.5) is 0 Å². The minimum absolute atomic E-state index is 0.104. The van der Waals surface area contributed by atoms with Gasteiger partial charge < -0.3 is 19.9 Å². The summed E-state index contributed by atoms with van der Waals surface area (Å²) < 4.78 is 15.6. The summed E-state index contributed by atoms with van der Waals surface area (Å²) in [5, 5.41) is 0. The van der Waals surface area contributed by atoms with E-state index in [0.29, 0.717) is 11.8 Å². The molecule has 1 aromatic rings. The van der Waals surface area contributed by atoms with Gasteiger partial charge in [-0.3, -0.25) is 0 Å². The Morgan fingerprint density at radius 1 is 1.19 bits per heavy atom. The van der Waals surface area contributed by atoms with E-state index in [1.54, 1.807) is 6.07 Å². The van der Waals surface area contributed by atoms with Crippen LogP contribution in [0.25, 0.3) is 0 Å². The molecule has 1 saturated carbocycles. The van der Waals surface area contributed by atoms with E-state index in [1.807, 2.05) is 0 Å². The molecule has 1 heterocycles. The van der Waals surface area contributed by atoms with Gasteiger partial charge in [0.05, 0.1) is 20.3 Å². The van der Waals surface area contributed by atoms with E-state index in [1.165, 1.54) is 14.2 Å². The van der Waals surface area contributed by atoms with E-state index < -0.39 is 0 Å². The number of nitrogens with zero attached hydrogens (tertiary/aromatic N) is 2. The molecule has 1 aromatic heterocycles. The molecule has 6 nitrogen and oxygen atoms in total. The van der Waals surface area contributed by atoms with Crippen LogP contribution in [0, 0.1) is 0 Å². The van der Waals surface area contributed by atoms with Crippen molar-refractivity contribution < 1.29 is 14.2 Å². The quantitative estimate of drug-likeness (QED) is 0.797. The number of rotatable bonds is 4. The van der Waals surface area contributed by atoms with Crippen LogP contribution in [0.15, 0.2) is 6.07 Å². The van der Waals surface area contributed by atoms with Gasteiger partial charge in [0, 0.05) is 6.04 Å². The molecule has 0 aromatic carbocycles. The lowest BCUT2D eigenvalue weighted by Gasteiger charge is -2.31. The van der Waals surface area contributed by atoms with Crippen LogP contribution < -0.4 is 19.9 Å². The monoisotopic (exact) mass is 225 g/mol. The Morgan fingerprint density at radius 2 is 1.75 bits per heavy atom. The van der Waals surface area contributed by atoms with Crippen molar-refractivity contribution in [1.82, 2.24) is 9.97 Å². The zero-order valence-corrected chi connectivity index (χ0v) is 9.34. The van der Waals surface area contributed by atoms with Gasteiger partial charge in [0.1, 0.15) is 6.10 Å². The summed E-state index contributed by atoms with van der Waals surface area (Å²) in [6.45, 7) is 0. The summed E-state index contributed by atoms with van der Waals surface area (Å²) in [5.74, 6) is 0.843. The first-order valence-electron chi connectivity index (χ1n) is 5.10. The summed E-state index contributed by atoms with van der Waals surface area (Å²) >= 11 is 0. The van der Waals surface area contributed by atoms with Gasteiger partial charge in [0.25, 0.3) is 0 Å². The fraction of sp³-hybridized carbons (Fsp3) is 0.600. The number of hydrogen-bond donors (Lipinski definition) is 1. The van der Waals surface area contributed by atoms with Crippen molar-refractivity contribution in [2.75, 3.05) is 14.2 Å². The average Bonchev–Trinajstić information content (AvgIpc) is 2.26. The molecule has 1 aliphatic rings. The second kappa shape index (κ2) is 4.52. The third kappa shape index (κ3) is 2.33. The number of aromatic nitrogens is 2. The molecule has 6 heteroatoms. The van der Waals surface area contributed by atoms with Gasteiger partial charge in [-0.05, 0) is 12.8 Å². The van der Waals surface area contributed by atoms with E-state index in [2.05, 4.69) is 9.97 Å². The Hall–Kier alpha value is -1.56. The van der Waals surface area contributed by atoms with Crippen LogP contribution in [-0.2, 0) is 0 Å². The molecule has 0 atom stereocenters. The van der Waals surface area contributed by atoms with E-state index in [4.69, 9.17) is 19.9 Å². The Balaban J connectivity index is 2.07. The number of nitrogens with two attached hydrogens (primary N) is 1. The van der Waals surface area contributed by atoms with Crippen molar-refractivity contribution >= 4 is 0 Å². The van der Waals surface area contributed by atoms with Crippen LogP contribution in [0.1, 0.15) is 12.8 Å². The summed E-state index contributed by atoms with van der Waals surface area (Å²) in [7, 11) is 3.07. The molecular weight excluding hydrogens is 210 g/mol. The number of methoxy groups -OCH3 is 2. The molecular formula is C10H15N3O3. The van der Waals surface area contributed by atoms with Crippen LogP contribution in [0.2, 0.25) is 0 Å². The van der Waals surface area contributed by atoms with Gasteiger partial charge in [-0.15, -0.1) is 0 Å². The summed E-state index contributed by atoms with van der Waals surface area (Å²) in [6.07, 6.45) is 1.78. The Labute approximate surface area is 93.7 Å². The predicted octanol–water partition coefficient (Wildman–Crippen LogP) is 0.362. The van der Waals surface area contributed by atoms with E-state index in [-0.39, 0.29) is 18.2 Å². The first-order chi connectivity index (χ1) is 7.71. The summed E-state index contributed by atoms with van der Waals surface area (Å²) in [5.41, 5.74) is 5.66. The maximum absolute atomic E-state index is 5.66. The van der Waals surface area contributed by atoms with Crippen molar-refractivity contribution in [3.63, 3.8) is 0 Å². The van der Waals surface area contributed by atoms with Crippen LogP contribution in [0.3, 0.4) is 0 Å². The first kappa shape index (κ1) is 10.9. The molecule has 2 rings (SSSR count). The predicted molar refractivity (Wildman–Crippen MR) is 56.8 cm³/mol. The molecule has 1 aliphatic carbocycles. The van der Waals surface area contributed by atoms with Gasteiger partial charge in [-0.2, -0.15) is 9.97 Å². The second-order valence-electron chi connectivity index (χ2n) is 3.71. The highest BCUT2D eigenvalue weighted by Crippen LogP contribution is 2.25. The van der Waals surface area contributed by atoms with E-state index in [0.717, 1.165) is 12.8 Å². The molecule has 0 bridgehead atoms. The first-order valence-corrected chi connectivity index (χ1v) is 5.10. The van der Waals surface area contributed by atoms with Gasteiger partial charge in [0.2, 0.25) is 11.8 Å². The standard InChI is InChI=1S/C10H15N3O3/c1-14-8-5-9(15-2)13-10(12-8)16-7-3-6(11)4-7/h5-7H,3-4,11H2,1-2H3. The normalized spacial score (nSPS) is 23.4. The van der Waals surface area contributed by atoms with E-state index >= 15 is 0 Å². The zero-order chi connectivity index (χ0) is 11.5. The highest BCUT2D eigenvalue weighted by Gasteiger charge is 2.28. The van der Waals surface area contributed by atoms with Crippen LogP contribution in [-0.4, -0.2) is 36.3 Å². The summed E-state index contributed by atoms with van der Waals surface area (Å²) in [6, 6.07) is 2.10. The van der Waals surface area contributed by atoms with Crippen molar-refractivity contribution in [3.05, 3.63) is 6.07 Å². The number of hydrogen-bond acceptors (Lipinski definition) is 6. The minimum atomic E-state index is 0.104. The fourth-order valence-corrected chi connectivity index (χ4v) is 1.50. The smallest absolute Gasteiger partial charge is 0.323 e. The third-order valence-electron chi connectivity index (χ3n) is 2.48. The fourth-order valence-electron chi connectivity index (χ4n) is 1.50. The highest BCUT2D eigenvalue weighted by atomic mass is 16.5. The maximum Gasteiger partial charge on any atom is 0.323 e. The molecule has 0 radical (unpaired) electrons. The van der Waals surface area contributed by atoms with Crippen molar-refractivity contribution in [2.45, 2.75) is 25.0 Å². The summed E-state index contributed by atoms with van der Waals surface area (Å²) in [4.78, 5) is 8.14. The molecule has 88 valence electrons. The van der Waals surface area contributed by atoms with Gasteiger partial charge in [0.15, 0.2) is 0 Å². The lowest BCUT2D eigenvalue weighted by molar-refractivity contribution is 0.0886. The highest BCUT2D eigenvalue weighted by molar-refractivity contribution is 5.23. The minimum Gasteiger partial charge on any atom is -0.481 e. The largest absolute Gasteiger partial charge is 0.481 e.